The highest BCUT2D eigenvalue weighted by Gasteiger charge is 2.21. The fourth-order valence-corrected chi connectivity index (χ4v) is 3.35. The smallest absolute Gasteiger partial charge is 0.339 e. The minimum atomic E-state index is -1.38. The van der Waals surface area contributed by atoms with Crippen LogP contribution in [0.15, 0.2) is 41.3 Å². The molecule has 1 aliphatic rings. The third-order valence-electron chi connectivity index (χ3n) is 3.92. The fourth-order valence-electron chi connectivity index (χ4n) is 2.62. The van der Waals surface area contributed by atoms with Crippen molar-refractivity contribution in [2.75, 3.05) is 25.0 Å². The van der Waals surface area contributed by atoms with E-state index in [1.54, 1.807) is 18.2 Å². The topological polar surface area (TPSA) is 108 Å². The predicted molar refractivity (Wildman–Crippen MR) is 100 cm³/mol. The normalized spacial score (nSPS) is 12.9. The van der Waals surface area contributed by atoms with Gasteiger partial charge in [0.1, 0.15) is 0 Å². The Hall–Kier alpha value is -3.20. The van der Waals surface area contributed by atoms with Gasteiger partial charge in [0.15, 0.2) is 23.9 Å². The standard InChI is InChI=1S/C19H17NO7S/c1-11(21)13-7-15-16(27-10-26-15)8-14(13)20-18(22)9-25-19(23)12-5-3-4-6-17(12)28(2)24/h3-8H,9-10H2,1-2H3,(H,20,22)/t28-/m1/s1. The molecule has 0 bridgehead atoms. The number of ether oxygens (including phenoxy) is 3. The van der Waals surface area contributed by atoms with Gasteiger partial charge in [-0.2, -0.15) is 0 Å². The molecule has 28 heavy (non-hydrogen) atoms. The summed E-state index contributed by atoms with van der Waals surface area (Å²) in [6.45, 7) is 0.810. The Balaban J connectivity index is 1.69. The Morgan fingerprint density at radius 3 is 2.46 bits per heavy atom. The highest BCUT2D eigenvalue weighted by atomic mass is 32.2. The number of hydrogen-bond donors (Lipinski definition) is 1. The molecule has 2 aromatic carbocycles. The molecule has 0 fully saturated rings. The quantitative estimate of drug-likeness (QED) is 0.581. The summed E-state index contributed by atoms with van der Waals surface area (Å²) >= 11 is 0. The minimum absolute atomic E-state index is 0.0277. The Kier molecular flexibility index (Phi) is 5.74. The van der Waals surface area contributed by atoms with Gasteiger partial charge in [0.2, 0.25) is 6.79 Å². The van der Waals surface area contributed by atoms with Crippen molar-refractivity contribution in [2.45, 2.75) is 11.8 Å². The Labute approximate surface area is 163 Å². The molecule has 1 heterocycles. The zero-order valence-electron chi connectivity index (χ0n) is 15.1. The summed E-state index contributed by atoms with van der Waals surface area (Å²) in [6, 6.07) is 9.26. The van der Waals surface area contributed by atoms with Gasteiger partial charge >= 0.3 is 5.97 Å². The van der Waals surface area contributed by atoms with Crippen LogP contribution < -0.4 is 14.8 Å². The van der Waals surface area contributed by atoms with Gasteiger partial charge in [0, 0.05) is 17.9 Å². The van der Waals surface area contributed by atoms with Crippen LogP contribution in [0.5, 0.6) is 11.5 Å². The van der Waals surface area contributed by atoms with Gasteiger partial charge in [-0.25, -0.2) is 4.79 Å². The summed E-state index contributed by atoms with van der Waals surface area (Å²) in [5.41, 5.74) is 0.604. The molecule has 8 nitrogen and oxygen atoms in total. The third kappa shape index (κ3) is 4.20. The van der Waals surface area contributed by atoms with E-state index in [9.17, 15) is 18.6 Å². The van der Waals surface area contributed by atoms with Crippen molar-refractivity contribution in [2.24, 2.45) is 0 Å². The molecule has 1 N–H and O–H groups in total. The number of anilines is 1. The van der Waals surface area contributed by atoms with E-state index in [-0.39, 0.29) is 29.4 Å². The van der Waals surface area contributed by atoms with E-state index in [4.69, 9.17) is 14.2 Å². The van der Waals surface area contributed by atoms with Gasteiger partial charge in [-0.3, -0.25) is 13.8 Å². The van der Waals surface area contributed by atoms with E-state index in [1.807, 2.05) is 0 Å². The molecule has 3 rings (SSSR count). The molecule has 2 aromatic rings. The third-order valence-corrected chi connectivity index (χ3v) is 4.89. The van der Waals surface area contributed by atoms with Crippen LogP contribution in [-0.2, 0) is 20.3 Å². The van der Waals surface area contributed by atoms with Gasteiger partial charge in [-0.05, 0) is 25.1 Å². The van der Waals surface area contributed by atoms with Crippen LogP contribution in [-0.4, -0.2) is 41.5 Å². The number of rotatable bonds is 6. The minimum Gasteiger partial charge on any atom is -0.454 e. The van der Waals surface area contributed by atoms with Crippen molar-refractivity contribution in [1.29, 1.82) is 0 Å². The zero-order valence-corrected chi connectivity index (χ0v) is 16.0. The number of fused-ring (bicyclic) bond motifs is 1. The molecule has 0 unspecified atom stereocenters. The van der Waals surface area contributed by atoms with E-state index >= 15 is 0 Å². The maximum absolute atomic E-state index is 12.2. The van der Waals surface area contributed by atoms with Crippen molar-refractivity contribution in [3.8, 4) is 11.5 Å². The van der Waals surface area contributed by atoms with Crippen molar-refractivity contribution in [1.82, 2.24) is 0 Å². The van der Waals surface area contributed by atoms with Crippen LogP contribution in [0.4, 0.5) is 5.69 Å². The van der Waals surface area contributed by atoms with Crippen LogP contribution in [0.3, 0.4) is 0 Å². The molecular formula is C19H17NO7S. The molecule has 0 saturated heterocycles. The average molecular weight is 403 g/mol. The van der Waals surface area contributed by atoms with Crippen LogP contribution in [0.1, 0.15) is 27.6 Å². The maximum Gasteiger partial charge on any atom is 0.339 e. The largest absolute Gasteiger partial charge is 0.454 e. The molecular weight excluding hydrogens is 386 g/mol. The molecule has 1 amide bonds. The van der Waals surface area contributed by atoms with Crippen LogP contribution in [0, 0.1) is 0 Å². The lowest BCUT2D eigenvalue weighted by Crippen LogP contribution is -2.22. The summed E-state index contributed by atoms with van der Waals surface area (Å²) in [7, 11) is -1.38. The number of carbonyl (C=O) groups excluding carboxylic acids is 3. The summed E-state index contributed by atoms with van der Waals surface area (Å²) in [6.07, 6.45) is 1.45. The van der Waals surface area contributed by atoms with Crippen molar-refractivity contribution in [3.63, 3.8) is 0 Å². The summed E-state index contributed by atoms with van der Waals surface area (Å²) in [4.78, 5) is 36.6. The molecule has 0 aromatic heterocycles. The van der Waals surface area contributed by atoms with Crippen molar-refractivity contribution < 1.29 is 32.8 Å². The second kappa shape index (κ2) is 8.22. The van der Waals surface area contributed by atoms with Crippen LogP contribution >= 0.6 is 0 Å². The summed E-state index contributed by atoms with van der Waals surface area (Å²) in [5, 5.41) is 2.53. The van der Waals surface area contributed by atoms with E-state index < -0.39 is 29.3 Å². The first-order chi connectivity index (χ1) is 13.4. The zero-order chi connectivity index (χ0) is 20.3. The lowest BCUT2D eigenvalue weighted by molar-refractivity contribution is -0.119. The number of amides is 1. The molecule has 0 aliphatic carbocycles. The predicted octanol–water partition coefficient (Wildman–Crippen LogP) is 2.15. The van der Waals surface area contributed by atoms with E-state index in [2.05, 4.69) is 5.32 Å². The Bertz CT molecular complexity index is 986. The number of Topliss-reactive ketones (excluding diaryl/α,β-unsaturated/α-hetero) is 1. The van der Waals surface area contributed by atoms with Gasteiger partial charge in [-0.1, -0.05) is 12.1 Å². The van der Waals surface area contributed by atoms with Gasteiger partial charge in [0.25, 0.3) is 5.91 Å². The molecule has 0 saturated carbocycles. The Morgan fingerprint density at radius 2 is 1.79 bits per heavy atom. The van der Waals surface area contributed by atoms with E-state index in [1.165, 1.54) is 31.4 Å². The summed E-state index contributed by atoms with van der Waals surface area (Å²) < 4.78 is 27.2. The Morgan fingerprint density at radius 1 is 1.11 bits per heavy atom. The number of ketones is 1. The monoisotopic (exact) mass is 403 g/mol. The number of carbonyl (C=O) groups is 3. The van der Waals surface area contributed by atoms with Crippen LogP contribution in [0.25, 0.3) is 0 Å². The summed E-state index contributed by atoms with van der Waals surface area (Å²) in [5.74, 6) is -0.858. The molecule has 1 atom stereocenters. The second-order valence-electron chi connectivity index (χ2n) is 5.88. The lowest BCUT2D eigenvalue weighted by Gasteiger charge is -2.11. The van der Waals surface area contributed by atoms with E-state index in [0.29, 0.717) is 16.4 Å². The molecule has 0 radical (unpaired) electrons. The van der Waals surface area contributed by atoms with Crippen molar-refractivity contribution >= 4 is 34.1 Å². The molecule has 9 heteroatoms. The van der Waals surface area contributed by atoms with Crippen molar-refractivity contribution in [3.05, 3.63) is 47.5 Å². The highest BCUT2D eigenvalue weighted by molar-refractivity contribution is 7.84. The lowest BCUT2D eigenvalue weighted by atomic mass is 10.1. The van der Waals surface area contributed by atoms with Gasteiger partial charge in [0.05, 0.1) is 26.9 Å². The molecule has 146 valence electrons. The number of esters is 1. The second-order valence-corrected chi connectivity index (χ2v) is 7.23. The molecule has 0 spiro atoms. The highest BCUT2D eigenvalue weighted by Crippen LogP contribution is 2.37. The SMILES string of the molecule is CC(=O)c1cc2c(cc1NC(=O)COC(=O)c1ccccc1[S@@](C)=O)OCO2. The number of nitrogens with one attached hydrogen (secondary N) is 1. The van der Waals surface area contributed by atoms with E-state index in [0.717, 1.165) is 0 Å². The first-order valence-corrected chi connectivity index (χ1v) is 9.76. The van der Waals surface area contributed by atoms with Crippen LogP contribution in [0.2, 0.25) is 0 Å². The molecule has 1 aliphatic heterocycles. The number of benzene rings is 2. The number of hydrogen-bond acceptors (Lipinski definition) is 7. The average Bonchev–Trinajstić information content (AvgIpc) is 3.12. The fraction of sp³-hybridized carbons (Fsp3) is 0.211. The maximum atomic E-state index is 12.2. The van der Waals surface area contributed by atoms with Gasteiger partial charge < -0.3 is 19.5 Å². The first kappa shape index (κ1) is 19.6. The first-order valence-electron chi connectivity index (χ1n) is 8.21. The van der Waals surface area contributed by atoms with Gasteiger partial charge in [-0.15, -0.1) is 0 Å².